The Bertz CT molecular complexity index is 2240. The molecule has 6 rings (SSSR count). The fourth-order valence-corrected chi connectivity index (χ4v) is 7.85. The normalized spacial score (nSPS) is 15.7. The highest BCUT2D eigenvalue weighted by Crippen LogP contribution is 2.36. The van der Waals surface area contributed by atoms with E-state index < -0.39 is 52.2 Å². The number of sulfonamides is 1. The van der Waals surface area contributed by atoms with E-state index in [1.807, 2.05) is 0 Å². The summed E-state index contributed by atoms with van der Waals surface area (Å²) >= 11 is 3.29. The van der Waals surface area contributed by atoms with Crippen LogP contribution in [0.5, 0.6) is 11.5 Å². The smallest absolute Gasteiger partial charge is 0.265 e. The predicted molar refractivity (Wildman–Crippen MR) is 194 cm³/mol. The molecule has 18 heteroatoms. The van der Waals surface area contributed by atoms with Crippen molar-refractivity contribution in [3.63, 3.8) is 0 Å². The van der Waals surface area contributed by atoms with Gasteiger partial charge in [-0.2, -0.15) is 0 Å². The number of aromatic nitrogens is 1. The molecule has 0 bridgehead atoms. The van der Waals surface area contributed by atoms with Gasteiger partial charge in [0, 0.05) is 41.1 Å². The molecule has 2 aliphatic heterocycles. The number of anilines is 2. The van der Waals surface area contributed by atoms with Gasteiger partial charge in [0.2, 0.25) is 11.8 Å². The highest BCUT2D eigenvalue weighted by Gasteiger charge is 2.45. The Balaban J connectivity index is 0.989. The maximum Gasteiger partial charge on any atom is 0.265 e. The molecule has 1 fully saturated rings. The molecule has 278 valence electrons. The number of nitrogens with one attached hydrogen (secondary N) is 4. The van der Waals surface area contributed by atoms with Gasteiger partial charge in [-0.25, -0.2) is 8.42 Å². The first kappa shape index (κ1) is 37.3. The number of hydrogen-bond acceptors (Lipinski definition) is 12. The van der Waals surface area contributed by atoms with Crippen molar-refractivity contribution in [2.24, 2.45) is 0 Å². The van der Waals surface area contributed by atoms with Crippen molar-refractivity contribution in [2.45, 2.75) is 50.0 Å². The van der Waals surface area contributed by atoms with Gasteiger partial charge in [-0.3, -0.25) is 38.9 Å². The Hall–Kier alpha value is -5.49. The molecule has 16 nitrogen and oxygen atoms in total. The number of unbranched alkanes of at least 4 members (excludes halogenated alkanes) is 2. The first-order valence-corrected chi connectivity index (χ1v) is 18.9. The first-order chi connectivity index (χ1) is 25.4. The summed E-state index contributed by atoms with van der Waals surface area (Å²) in [6, 6.07) is 11.4. The highest BCUT2D eigenvalue weighted by molar-refractivity contribution is 9.10. The van der Waals surface area contributed by atoms with Crippen molar-refractivity contribution >= 4 is 77.8 Å². The molecule has 5 amide bonds. The lowest BCUT2D eigenvalue weighted by molar-refractivity contribution is -0.136. The third kappa shape index (κ3) is 7.97. The van der Waals surface area contributed by atoms with E-state index in [0.29, 0.717) is 59.2 Å². The van der Waals surface area contributed by atoms with Crippen molar-refractivity contribution in [1.29, 1.82) is 0 Å². The van der Waals surface area contributed by atoms with Crippen LogP contribution in [-0.4, -0.2) is 80.9 Å². The number of hydrogen-bond donors (Lipinski definition) is 4. The second-order valence-electron chi connectivity index (χ2n) is 12.3. The molecule has 1 aromatic heterocycles. The molecular formula is C35H35BrN6O10S. The molecule has 4 N–H and O–H groups in total. The predicted octanol–water partition coefficient (Wildman–Crippen LogP) is 3.89. The molecule has 0 spiro atoms. The Morgan fingerprint density at radius 3 is 2.58 bits per heavy atom. The van der Waals surface area contributed by atoms with Crippen molar-refractivity contribution < 1.29 is 46.4 Å². The molecule has 1 saturated heterocycles. The monoisotopic (exact) mass is 810 g/mol. The minimum atomic E-state index is -4.17. The van der Waals surface area contributed by atoms with Gasteiger partial charge >= 0.3 is 0 Å². The number of methoxy groups -OCH3 is 1. The number of piperidine rings is 1. The molecule has 0 radical (unpaired) electrons. The zero-order chi connectivity index (χ0) is 37.9. The minimum absolute atomic E-state index is 0.0386. The molecule has 1 atom stereocenters. The van der Waals surface area contributed by atoms with Crippen LogP contribution in [-0.2, 0) is 24.4 Å². The fourth-order valence-electron chi connectivity index (χ4n) is 6.08. The van der Waals surface area contributed by atoms with E-state index in [-0.39, 0.29) is 46.1 Å². The zero-order valence-corrected chi connectivity index (χ0v) is 31.0. The molecule has 0 aliphatic carbocycles. The number of benzene rings is 3. The minimum Gasteiger partial charge on any atom is -0.495 e. The van der Waals surface area contributed by atoms with E-state index in [4.69, 9.17) is 14.0 Å². The number of nitrogens with zero attached hydrogens (tertiary/aromatic N) is 2. The van der Waals surface area contributed by atoms with Crippen molar-refractivity contribution in [3.05, 3.63) is 69.8 Å². The topological polar surface area (TPSA) is 215 Å². The molecular weight excluding hydrogens is 776 g/mol. The van der Waals surface area contributed by atoms with Gasteiger partial charge in [0.05, 0.1) is 29.6 Å². The molecule has 3 aromatic carbocycles. The van der Waals surface area contributed by atoms with E-state index >= 15 is 0 Å². The Morgan fingerprint density at radius 1 is 1.02 bits per heavy atom. The average molecular weight is 812 g/mol. The number of amides is 5. The van der Waals surface area contributed by atoms with Crippen LogP contribution in [0.2, 0.25) is 0 Å². The van der Waals surface area contributed by atoms with E-state index in [1.54, 1.807) is 25.1 Å². The van der Waals surface area contributed by atoms with Crippen LogP contribution in [0, 0.1) is 6.92 Å². The molecule has 53 heavy (non-hydrogen) atoms. The van der Waals surface area contributed by atoms with Crippen LogP contribution in [0.25, 0.3) is 11.0 Å². The maximum atomic E-state index is 13.4. The van der Waals surface area contributed by atoms with Gasteiger partial charge in [0.1, 0.15) is 22.4 Å². The quantitative estimate of drug-likeness (QED) is 0.0995. The Labute approximate surface area is 312 Å². The highest BCUT2D eigenvalue weighted by atomic mass is 79.9. The second-order valence-corrected chi connectivity index (χ2v) is 14.9. The van der Waals surface area contributed by atoms with E-state index in [2.05, 4.69) is 41.8 Å². The summed E-state index contributed by atoms with van der Waals surface area (Å²) in [4.78, 5) is 63.8. The fraction of sp³-hybridized carbons (Fsp3) is 0.314. The Kier molecular flexibility index (Phi) is 11.0. The molecule has 4 aromatic rings. The summed E-state index contributed by atoms with van der Waals surface area (Å²) < 4.78 is 46.3. The Morgan fingerprint density at radius 2 is 1.81 bits per heavy atom. The van der Waals surface area contributed by atoms with E-state index in [9.17, 15) is 32.4 Å². The van der Waals surface area contributed by atoms with Crippen LogP contribution in [0.3, 0.4) is 0 Å². The van der Waals surface area contributed by atoms with Crippen molar-refractivity contribution in [2.75, 3.05) is 36.8 Å². The van der Waals surface area contributed by atoms with Gasteiger partial charge in [-0.05, 0) is 69.0 Å². The molecule has 0 saturated carbocycles. The number of fused-ring (bicyclic) bond motifs is 2. The number of rotatable bonds is 15. The van der Waals surface area contributed by atoms with Gasteiger partial charge in [0.25, 0.3) is 27.7 Å². The number of halogens is 1. The van der Waals surface area contributed by atoms with Crippen LogP contribution < -0.4 is 30.1 Å². The molecule has 3 heterocycles. The summed E-state index contributed by atoms with van der Waals surface area (Å²) in [5, 5.41) is 12.7. The summed E-state index contributed by atoms with van der Waals surface area (Å²) in [6.45, 7) is 2.12. The third-order valence-electron chi connectivity index (χ3n) is 8.73. The SMILES string of the molecule is COc1ccc(Br)cc1S(=O)(=O)Nc1cc2c(C)noc2cc1OCC(=O)NCCCCCNc1cccc2c1C(=O)N(C1CCC(=O)NC1=O)C2=O. The largest absolute Gasteiger partial charge is 0.495 e. The van der Waals surface area contributed by atoms with Crippen LogP contribution in [0.15, 0.2) is 62.4 Å². The zero-order valence-electron chi connectivity index (χ0n) is 28.6. The number of ether oxygens (including phenoxy) is 2. The number of carbonyl (C=O) groups excluding carboxylic acids is 5. The van der Waals surface area contributed by atoms with Gasteiger partial charge in [-0.15, -0.1) is 0 Å². The lowest BCUT2D eigenvalue weighted by Gasteiger charge is -2.27. The number of aryl methyl sites for hydroxylation is 1. The van der Waals surface area contributed by atoms with Crippen LogP contribution in [0.1, 0.15) is 58.5 Å². The maximum absolute atomic E-state index is 13.4. The second kappa shape index (κ2) is 15.6. The first-order valence-electron chi connectivity index (χ1n) is 16.6. The van der Waals surface area contributed by atoms with Crippen LogP contribution in [0.4, 0.5) is 11.4 Å². The average Bonchev–Trinajstić information content (AvgIpc) is 3.61. The van der Waals surface area contributed by atoms with Gasteiger partial charge < -0.3 is 24.6 Å². The summed E-state index contributed by atoms with van der Waals surface area (Å²) in [6.07, 6.45) is 2.13. The van der Waals surface area contributed by atoms with E-state index in [1.165, 1.54) is 37.4 Å². The molecule has 1 unspecified atom stereocenters. The summed E-state index contributed by atoms with van der Waals surface area (Å²) in [5.74, 6) is -2.51. The van der Waals surface area contributed by atoms with Crippen molar-refractivity contribution in [1.82, 2.24) is 20.7 Å². The third-order valence-corrected chi connectivity index (χ3v) is 10.6. The van der Waals surface area contributed by atoms with Crippen LogP contribution >= 0.6 is 15.9 Å². The van der Waals surface area contributed by atoms with E-state index in [0.717, 1.165) is 4.90 Å². The lowest BCUT2D eigenvalue weighted by atomic mass is 10.0. The van der Waals surface area contributed by atoms with Gasteiger partial charge in [-0.1, -0.05) is 27.2 Å². The summed E-state index contributed by atoms with van der Waals surface area (Å²) in [5.41, 5.74) is 1.81. The summed E-state index contributed by atoms with van der Waals surface area (Å²) in [7, 11) is -2.80. The number of carbonyl (C=O) groups is 5. The van der Waals surface area contributed by atoms with Gasteiger partial charge in [0.15, 0.2) is 12.2 Å². The standard InChI is InChI=1S/C35H35BrN6O10S/c1-19-22-16-24(41-53(48,49)29-15-20(36)9-11-26(29)50-2)28(17-27(22)52-40-19)51-18-31(44)38-14-5-3-4-13-37-23-8-6-7-21-32(23)35(47)42(34(21)46)25-10-12-30(43)39-33(25)45/h6-9,11,15-17,25,37,41H,3-5,10,12-14,18H2,1-2H3,(H,38,44)(H,39,43,45). The number of imide groups is 2. The van der Waals surface area contributed by atoms with Crippen molar-refractivity contribution in [3.8, 4) is 11.5 Å². The lowest BCUT2D eigenvalue weighted by Crippen LogP contribution is -2.54. The molecule has 2 aliphatic rings.